The average molecular weight is 397 g/mol. The summed E-state index contributed by atoms with van der Waals surface area (Å²) in [5.74, 6) is 1.84. The number of hydrogen-bond acceptors (Lipinski definition) is 3. The van der Waals surface area contributed by atoms with Crippen molar-refractivity contribution in [3.8, 4) is 5.75 Å². The van der Waals surface area contributed by atoms with E-state index in [1.807, 2.05) is 12.1 Å². The van der Waals surface area contributed by atoms with E-state index >= 15 is 0 Å². The van der Waals surface area contributed by atoms with Crippen molar-refractivity contribution in [1.29, 1.82) is 0 Å². The Morgan fingerprint density at radius 1 is 1.28 bits per heavy atom. The molecule has 0 radical (unpaired) electrons. The van der Waals surface area contributed by atoms with Gasteiger partial charge in [0, 0.05) is 34.9 Å². The van der Waals surface area contributed by atoms with Crippen LogP contribution in [0.3, 0.4) is 0 Å². The van der Waals surface area contributed by atoms with Gasteiger partial charge in [-0.25, -0.2) is 0 Å². The number of aromatic hydroxyl groups is 1. The molecule has 1 aliphatic heterocycles. The smallest absolute Gasteiger partial charge is 0.143 e. The molecule has 0 atom stereocenters. The fourth-order valence-corrected chi connectivity index (χ4v) is 4.56. The van der Waals surface area contributed by atoms with Crippen molar-refractivity contribution >= 4 is 42.7 Å². The van der Waals surface area contributed by atoms with Crippen LogP contribution in [0.15, 0.2) is 21.1 Å². The quantitative estimate of drug-likeness (QED) is 0.825. The summed E-state index contributed by atoms with van der Waals surface area (Å²) in [6, 6.07) is 4.27. The molecule has 0 amide bonds. The predicted molar refractivity (Wildman–Crippen MR) is 81.2 cm³/mol. The standard InChI is InChI=1S/C12H15Br2NO2S/c13-10-5-8(6-11(14)12(10)16)7-15-9-1-3-18(17)4-2-9/h5-6,9,15-16H,1-4,7H2. The Balaban J connectivity index is 1.92. The van der Waals surface area contributed by atoms with E-state index < -0.39 is 10.8 Å². The van der Waals surface area contributed by atoms with Gasteiger partial charge < -0.3 is 10.4 Å². The molecule has 1 heterocycles. The molecule has 0 saturated carbocycles. The van der Waals surface area contributed by atoms with Crippen LogP contribution in [0.25, 0.3) is 0 Å². The minimum Gasteiger partial charge on any atom is -0.506 e. The molecule has 1 aromatic rings. The number of benzene rings is 1. The summed E-state index contributed by atoms with van der Waals surface area (Å²) in [7, 11) is -0.607. The number of hydrogen-bond donors (Lipinski definition) is 2. The maximum atomic E-state index is 11.3. The molecule has 2 N–H and O–H groups in total. The van der Waals surface area contributed by atoms with Crippen molar-refractivity contribution in [3.63, 3.8) is 0 Å². The molecule has 100 valence electrons. The van der Waals surface area contributed by atoms with E-state index in [1.54, 1.807) is 0 Å². The lowest BCUT2D eigenvalue weighted by atomic mass is 10.1. The van der Waals surface area contributed by atoms with Gasteiger partial charge in [-0.2, -0.15) is 0 Å². The minimum atomic E-state index is -0.607. The molecule has 1 aromatic carbocycles. The monoisotopic (exact) mass is 395 g/mol. The van der Waals surface area contributed by atoms with Crippen LogP contribution in [0.1, 0.15) is 18.4 Å². The molecule has 0 bridgehead atoms. The lowest BCUT2D eigenvalue weighted by Gasteiger charge is -2.22. The highest BCUT2D eigenvalue weighted by molar-refractivity contribution is 9.11. The largest absolute Gasteiger partial charge is 0.506 e. The second-order valence-corrected chi connectivity index (χ2v) is 7.82. The summed E-state index contributed by atoms with van der Waals surface area (Å²) in [6.07, 6.45) is 1.96. The molecule has 1 fully saturated rings. The van der Waals surface area contributed by atoms with Crippen molar-refractivity contribution in [3.05, 3.63) is 26.6 Å². The molecule has 3 nitrogen and oxygen atoms in total. The molecule has 1 saturated heterocycles. The Bertz CT molecular complexity index is 434. The van der Waals surface area contributed by atoms with Gasteiger partial charge in [0.25, 0.3) is 0 Å². The fraction of sp³-hybridized carbons (Fsp3) is 0.500. The summed E-state index contributed by atoms with van der Waals surface area (Å²) < 4.78 is 12.6. The fourth-order valence-electron chi connectivity index (χ4n) is 1.98. The van der Waals surface area contributed by atoms with Gasteiger partial charge in [-0.3, -0.25) is 4.21 Å². The van der Waals surface area contributed by atoms with E-state index in [9.17, 15) is 9.32 Å². The Labute approximate surface area is 126 Å². The van der Waals surface area contributed by atoms with Crippen LogP contribution >= 0.6 is 31.9 Å². The maximum absolute atomic E-state index is 11.3. The van der Waals surface area contributed by atoms with Crippen LogP contribution in [0.2, 0.25) is 0 Å². The second-order valence-electron chi connectivity index (χ2n) is 4.41. The zero-order valence-corrected chi connectivity index (χ0v) is 13.8. The van der Waals surface area contributed by atoms with Gasteiger partial charge in [0.15, 0.2) is 0 Å². The van der Waals surface area contributed by atoms with E-state index in [-0.39, 0.29) is 5.75 Å². The first-order valence-electron chi connectivity index (χ1n) is 5.81. The normalized spacial score (nSPS) is 24.1. The lowest BCUT2D eigenvalue weighted by molar-refractivity contribution is 0.464. The highest BCUT2D eigenvalue weighted by Crippen LogP contribution is 2.33. The van der Waals surface area contributed by atoms with Crippen molar-refractivity contribution < 1.29 is 9.32 Å². The van der Waals surface area contributed by atoms with Gasteiger partial charge in [0.1, 0.15) is 5.75 Å². The number of nitrogens with one attached hydrogen (secondary N) is 1. The van der Waals surface area contributed by atoms with Crippen molar-refractivity contribution in [2.24, 2.45) is 0 Å². The molecule has 2 rings (SSSR count). The highest BCUT2D eigenvalue weighted by atomic mass is 79.9. The van der Waals surface area contributed by atoms with E-state index in [1.165, 1.54) is 0 Å². The number of rotatable bonds is 3. The molecule has 0 aliphatic carbocycles. The van der Waals surface area contributed by atoms with E-state index in [4.69, 9.17) is 0 Å². The Morgan fingerprint density at radius 2 is 1.83 bits per heavy atom. The van der Waals surface area contributed by atoms with Gasteiger partial charge >= 0.3 is 0 Å². The number of phenols is 1. The third kappa shape index (κ3) is 3.79. The number of phenolic OH excluding ortho intramolecular Hbond substituents is 1. The number of halogens is 2. The van der Waals surface area contributed by atoms with Gasteiger partial charge in [-0.1, -0.05) is 0 Å². The van der Waals surface area contributed by atoms with Crippen molar-refractivity contribution in [1.82, 2.24) is 5.32 Å². The highest BCUT2D eigenvalue weighted by Gasteiger charge is 2.17. The molecule has 0 aromatic heterocycles. The summed E-state index contributed by atoms with van der Waals surface area (Å²) in [5, 5.41) is 13.1. The van der Waals surface area contributed by atoms with E-state index in [0.29, 0.717) is 15.0 Å². The Hall–Kier alpha value is 0.0900. The molecule has 18 heavy (non-hydrogen) atoms. The summed E-state index contributed by atoms with van der Waals surface area (Å²) in [4.78, 5) is 0. The second kappa shape index (κ2) is 6.50. The van der Waals surface area contributed by atoms with Crippen LogP contribution in [-0.2, 0) is 17.3 Å². The topological polar surface area (TPSA) is 49.3 Å². The lowest BCUT2D eigenvalue weighted by Crippen LogP contribution is -2.35. The van der Waals surface area contributed by atoms with Crippen LogP contribution in [0.5, 0.6) is 5.75 Å². The molecule has 0 unspecified atom stereocenters. The molecule has 1 aliphatic rings. The summed E-state index contributed by atoms with van der Waals surface area (Å²) >= 11 is 6.65. The molecular formula is C12H15Br2NO2S. The van der Waals surface area contributed by atoms with Crippen LogP contribution < -0.4 is 5.32 Å². The first-order valence-corrected chi connectivity index (χ1v) is 8.89. The third-order valence-electron chi connectivity index (χ3n) is 3.06. The van der Waals surface area contributed by atoms with Gasteiger partial charge in [-0.15, -0.1) is 0 Å². The summed E-state index contributed by atoms with van der Waals surface area (Å²) in [5.41, 5.74) is 1.11. The van der Waals surface area contributed by atoms with Gasteiger partial charge in [0.2, 0.25) is 0 Å². The van der Waals surface area contributed by atoms with E-state index in [0.717, 1.165) is 36.5 Å². The van der Waals surface area contributed by atoms with Crippen molar-refractivity contribution in [2.45, 2.75) is 25.4 Å². The van der Waals surface area contributed by atoms with Crippen LogP contribution in [-0.4, -0.2) is 26.9 Å². The SMILES string of the molecule is O=S1CCC(NCc2cc(Br)c(O)c(Br)c2)CC1. The summed E-state index contributed by atoms with van der Waals surface area (Å²) in [6.45, 7) is 0.759. The first kappa shape index (κ1) is 14.5. The first-order chi connectivity index (χ1) is 8.56. The van der Waals surface area contributed by atoms with Crippen LogP contribution in [0.4, 0.5) is 0 Å². The predicted octanol–water partition coefficient (Wildman–Crippen LogP) is 2.92. The zero-order valence-electron chi connectivity index (χ0n) is 9.79. The van der Waals surface area contributed by atoms with Crippen molar-refractivity contribution in [2.75, 3.05) is 11.5 Å². The molecular weight excluding hydrogens is 382 g/mol. The molecule has 6 heteroatoms. The zero-order chi connectivity index (χ0) is 13.1. The third-order valence-corrected chi connectivity index (χ3v) is 5.65. The van der Waals surface area contributed by atoms with Crippen LogP contribution in [0, 0.1) is 0 Å². The maximum Gasteiger partial charge on any atom is 0.143 e. The average Bonchev–Trinajstić information content (AvgIpc) is 2.35. The van der Waals surface area contributed by atoms with Gasteiger partial charge in [0.05, 0.1) is 8.95 Å². The van der Waals surface area contributed by atoms with E-state index in [2.05, 4.69) is 37.2 Å². The minimum absolute atomic E-state index is 0.229. The molecule has 0 spiro atoms. The Morgan fingerprint density at radius 3 is 2.39 bits per heavy atom. The van der Waals surface area contributed by atoms with Gasteiger partial charge in [-0.05, 0) is 62.4 Å². The Kier molecular flexibility index (Phi) is 5.24.